The molecule has 6 heteroatoms. The number of aromatic nitrogens is 2. The summed E-state index contributed by atoms with van der Waals surface area (Å²) in [5.74, 6) is -0.133. The van der Waals surface area contributed by atoms with E-state index in [1.165, 1.54) is 18.2 Å². The number of Topliss-reactive ketones (excluding diaryl/α,β-unsaturated/α-hetero) is 1. The van der Waals surface area contributed by atoms with E-state index in [0.717, 1.165) is 0 Å². The molecule has 0 radical (unpaired) electrons. The maximum Gasteiger partial charge on any atom is 0.433 e. The van der Waals surface area contributed by atoms with Gasteiger partial charge in [-0.1, -0.05) is 26.8 Å². The van der Waals surface area contributed by atoms with Crippen LogP contribution in [0.5, 0.6) is 0 Å². The Labute approximate surface area is 107 Å². The number of ketones is 1. The summed E-state index contributed by atoms with van der Waals surface area (Å²) in [5, 5.41) is 5.56. The number of benzene rings is 1. The van der Waals surface area contributed by atoms with Gasteiger partial charge in [0.2, 0.25) is 0 Å². The zero-order valence-electron chi connectivity index (χ0n) is 10.7. The summed E-state index contributed by atoms with van der Waals surface area (Å²) in [4.78, 5) is 12.1. The van der Waals surface area contributed by atoms with Crippen molar-refractivity contribution in [2.75, 3.05) is 0 Å². The van der Waals surface area contributed by atoms with E-state index in [0.29, 0.717) is 5.56 Å². The van der Waals surface area contributed by atoms with Crippen LogP contribution in [0.1, 0.15) is 36.8 Å². The molecule has 0 bridgehead atoms. The monoisotopic (exact) mass is 270 g/mol. The van der Waals surface area contributed by atoms with E-state index in [1.54, 1.807) is 20.8 Å². The first-order chi connectivity index (χ1) is 8.60. The Morgan fingerprint density at radius 2 is 1.84 bits per heavy atom. The molecule has 1 N–H and O–H groups in total. The fourth-order valence-electron chi connectivity index (χ4n) is 1.80. The minimum absolute atomic E-state index is 0.0297. The summed E-state index contributed by atoms with van der Waals surface area (Å²) in [6.07, 6.45) is -4.48. The van der Waals surface area contributed by atoms with Crippen LogP contribution in [0.4, 0.5) is 13.2 Å². The fraction of sp³-hybridized carbons (Fsp3) is 0.385. The summed E-state index contributed by atoms with van der Waals surface area (Å²) < 4.78 is 38.0. The molecule has 0 spiro atoms. The second-order valence-electron chi connectivity index (χ2n) is 5.41. The van der Waals surface area contributed by atoms with Crippen LogP contribution in [0.15, 0.2) is 18.2 Å². The van der Waals surface area contributed by atoms with Crippen LogP contribution in [-0.4, -0.2) is 16.0 Å². The van der Waals surface area contributed by atoms with Crippen molar-refractivity contribution in [3.05, 3.63) is 29.5 Å². The quantitative estimate of drug-likeness (QED) is 0.801. The number of fused-ring (bicyclic) bond motifs is 1. The van der Waals surface area contributed by atoms with Gasteiger partial charge in [0, 0.05) is 16.4 Å². The van der Waals surface area contributed by atoms with Gasteiger partial charge in [0.05, 0.1) is 5.52 Å². The molecule has 0 fully saturated rings. The number of hydrogen-bond acceptors (Lipinski definition) is 2. The molecule has 0 aliphatic rings. The van der Waals surface area contributed by atoms with Crippen molar-refractivity contribution in [2.24, 2.45) is 5.41 Å². The maximum atomic E-state index is 12.7. The van der Waals surface area contributed by atoms with Crippen LogP contribution in [0.25, 0.3) is 10.9 Å². The molecule has 1 heterocycles. The molecule has 1 aromatic heterocycles. The molecule has 0 amide bonds. The number of carbonyl (C=O) groups is 1. The average Bonchev–Trinajstić information content (AvgIpc) is 2.68. The normalized spacial score (nSPS) is 12.9. The van der Waals surface area contributed by atoms with Gasteiger partial charge in [-0.15, -0.1) is 0 Å². The minimum atomic E-state index is -4.48. The van der Waals surface area contributed by atoms with E-state index < -0.39 is 17.3 Å². The first-order valence-electron chi connectivity index (χ1n) is 5.71. The van der Waals surface area contributed by atoms with Crippen LogP contribution in [-0.2, 0) is 6.18 Å². The Morgan fingerprint density at radius 3 is 2.37 bits per heavy atom. The van der Waals surface area contributed by atoms with Crippen molar-refractivity contribution in [3.8, 4) is 0 Å². The summed E-state index contributed by atoms with van der Waals surface area (Å²) in [5.41, 5.74) is -0.975. The van der Waals surface area contributed by atoms with Crippen molar-refractivity contribution < 1.29 is 18.0 Å². The van der Waals surface area contributed by atoms with Gasteiger partial charge in [0.25, 0.3) is 0 Å². The lowest BCUT2D eigenvalue weighted by atomic mass is 9.86. The minimum Gasteiger partial charge on any atom is -0.294 e. The molecule has 1 aromatic carbocycles. The molecule has 0 aliphatic heterocycles. The number of hydrogen-bond donors (Lipinski definition) is 1. The highest BCUT2D eigenvalue weighted by Crippen LogP contribution is 2.33. The topological polar surface area (TPSA) is 45.8 Å². The third-order valence-corrected chi connectivity index (χ3v) is 2.78. The lowest BCUT2D eigenvalue weighted by Crippen LogP contribution is -2.20. The smallest absolute Gasteiger partial charge is 0.294 e. The zero-order valence-corrected chi connectivity index (χ0v) is 10.7. The Bertz CT molecular complexity index is 635. The molecular weight excluding hydrogens is 257 g/mol. The molecule has 2 aromatic rings. The standard InChI is InChI=1S/C13H13F3N2O/c1-12(2,3)11(19)7-4-5-8-9(6-7)17-18-10(8)13(14,15)16/h4-6H,1-3H3,(H,17,18). The Balaban J connectivity index is 2.53. The zero-order chi connectivity index (χ0) is 14.4. The van der Waals surface area contributed by atoms with E-state index in [-0.39, 0.29) is 16.7 Å². The lowest BCUT2D eigenvalue weighted by molar-refractivity contribution is -0.139. The first-order valence-corrected chi connectivity index (χ1v) is 5.71. The number of aromatic amines is 1. The van der Waals surface area contributed by atoms with Crippen LogP contribution in [0, 0.1) is 5.41 Å². The van der Waals surface area contributed by atoms with Gasteiger partial charge in [0.15, 0.2) is 5.78 Å². The van der Waals surface area contributed by atoms with Crippen molar-refractivity contribution in [1.29, 1.82) is 0 Å². The molecular formula is C13H13F3N2O. The summed E-state index contributed by atoms with van der Waals surface area (Å²) in [7, 11) is 0. The van der Waals surface area contributed by atoms with Crippen LogP contribution in [0.2, 0.25) is 0 Å². The van der Waals surface area contributed by atoms with Crippen molar-refractivity contribution in [2.45, 2.75) is 26.9 Å². The van der Waals surface area contributed by atoms with Crippen LogP contribution >= 0.6 is 0 Å². The molecule has 0 atom stereocenters. The van der Waals surface area contributed by atoms with E-state index in [4.69, 9.17) is 0 Å². The summed E-state index contributed by atoms with van der Waals surface area (Å²) in [6.45, 7) is 5.27. The molecule has 3 nitrogen and oxygen atoms in total. The van der Waals surface area contributed by atoms with E-state index in [9.17, 15) is 18.0 Å². The molecule has 0 saturated carbocycles. The van der Waals surface area contributed by atoms with Crippen molar-refractivity contribution in [1.82, 2.24) is 10.2 Å². The first kappa shape index (κ1) is 13.6. The molecule has 0 aliphatic carbocycles. The lowest BCUT2D eigenvalue weighted by Gasteiger charge is -2.16. The Kier molecular flexibility index (Phi) is 2.91. The maximum absolute atomic E-state index is 12.7. The van der Waals surface area contributed by atoms with Gasteiger partial charge in [0.1, 0.15) is 5.69 Å². The Hall–Kier alpha value is -1.85. The number of nitrogens with zero attached hydrogens (tertiary/aromatic N) is 1. The third-order valence-electron chi connectivity index (χ3n) is 2.78. The van der Waals surface area contributed by atoms with Crippen LogP contribution < -0.4 is 0 Å². The van der Waals surface area contributed by atoms with Gasteiger partial charge in [-0.25, -0.2) is 0 Å². The van der Waals surface area contributed by atoms with E-state index in [2.05, 4.69) is 5.10 Å². The summed E-state index contributed by atoms with van der Waals surface area (Å²) >= 11 is 0. The molecule has 2 rings (SSSR count). The van der Waals surface area contributed by atoms with Gasteiger partial charge in [-0.2, -0.15) is 18.3 Å². The second-order valence-corrected chi connectivity index (χ2v) is 5.41. The number of nitrogens with one attached hydrogen (secondary N) is 1. The second kappa shape index (κ2) is 4.08. The highest BCUT2D eigenvalue weighted by molar-refractivity contribution is 6.02. The average molecular weight is 270 g/mol. The van der Waals surface area contributed by atoms with Gasteiger partial charge in [-0.05, 0) is 12.1 Å². The SMILES string of the molecule is CC(C)(C)C(=O)c1ccc2c(C(F)(F)F)[nH]nc2c1. The third kappa shape index (κ3) is 2.47. The number of halogens is 3. The Morgan fingerprint density at radius 1 is 1.21 bits per heavy atom. The van der Waals surface area contributed by atoms with Gasteiger partial charge in [-0.3, -0.25) is 9.89 Å². The molecule has 0 saturated heterocycles. The van der Waals surface area contributed by atoms with Crippen molar-refractivity contribution in [3.63, 3.8) is 0 Å². The van der Waals surface area contributed by atoms with E-state index in [1.807, 2.05) is 5.10 Å². The van der Waals surface area contributed by atoms with Crippen LogP contribution in [0.3, 0.4) is 0 Å². The fourth-order valence-corrected chi connectivity index (χ4v) is 1.80. The highest BCUT2D eigenvalue weighted by atomic mass is 19.4. The number of carbonyl (C=O) groups excluding carboxylic acids is 1. The highest BCUT2D eigenvalue weighted by Gasteiger charge is 2.35. The number of rotatable bonds is 1. The van der Waals surface area contributed by atoms with Gasteiger partial charge < -0.3 is 0 Å². The van der Waals surface area contributed by atoms with E-state index >= 15 is 0 Å². The predicted molar refractivity (Wildman–Crippen MR) is 64.9 cm³/mol. The largest absolute Gasteiger partial charge is 0.433 e. The number of H-pyrrole nitrogens is 1. The molecule has 0 unspecified atom stereocenters. The predicted octanol–water partition coefficient (Wildman–Crippen LogP) is 3.81. The summed E-state index contributed by atoms with van der Waals surface area (Å²) in [6, 6.07) is 4.07. The molecule has 102 valence electrons. The van der Waals surface area contributed by atoms with Gasteiger partial charge >= 0.3 is 6.18 Å². The number of alkyl halides is 3. The molecule has 19 heavy (non-hydrogen) atoms. The van der Waals surface area contributed by atoms with Crippen molar-refractivity contribution >= 4 is 16.7 Å².